The van der Waals surface area contributed by atoms with Crippen LogP contribution in [0.4, 0.5) is 0 Å². The lowest BCUT2D eigenvalue weighted by atomic mass is 9.82. The lowest BCUT2D eigenvalue weighted by molar-refractivity contribution is 0.448. The van der Waals surface area contributed by atoms with E-state index in [1.54, 1.807) is 0 Å². The monoisotopic (exact) mass is 300 g/mol. The average Bonchev–Trinajstić information content (AvgIpc) is 2.60. The number of hydrogen-bond acceptors (Lipinski definition) is 2. The molecule has 1 unspecified atom stereocenters. The molecule has 1 aliphatic heterocycles. The smallest absolute Gasteiger partial charge is 0.0744 e. The predicted octanol–water partition coefficient (Wildman–Crippen LogP) is 4.80. The second-order valence-corrected chi connectivity index (χ2v) is 6.56. The molecule has 0 aliphatic carbocycles. The third-order valence-corrected chi connectivity index (χ3v) is 4.85. The van der Waals surface area contributed by atoms with E-state index in [4.69, 9.17) is 4.99 Å². The molecule has 4 rings (SSSR count). The van der Waals surface area contributed by atoms with Crippen molar-refractivity contribution in [3.8, 4) is 0 Å². The number of rotatable bonds is 2. The van der Waals surface area contributed by atoms with Gasteiger partial charge in [-0.1, -0.05) is 49.4 Å². The standard InChI is InChI=1S/C21H20N2/c1-3-21(2)13-16-9-4-6-10-18(16)20(23-21)17-12-15-8-5-7-11-19(15)22-14-17/h4-12,14H,3,13H2,1-2H3. The molecule has 0 saturated carbocycles. The van der Waals surface area contributed by atoms with Gasteiger partial charge in [0.05, 0.1) is 16.8 Å². The minimum absolute atomic E-state index is 0.0324. The molecule has 23 heavy (non-hydrogen) atoms. The summed E-state index contributed by atoms with van der Waals surface area (Å²) >= 11 is 0. The van der Waals surface area contributed by atoms with Crippen LogP contribution in [-0.4, -0.2) is 16.2 Å². The molecule has 0 radical (unpaired) electrons. The quantitative estimate of drug-likeness (QED) is 0.667. The molecule has 2 aromatic carbocycles. The first-order valence-electron chi connectivity index (χ1n) is 8.22. The first-order valence-corrected chi connectivity index (χ1v) is 8.22. The Balaban J connectivity index is 1.93. The van der Waals surface area contributed by atoms with Crippen molar-refractivity contribution in [2.75, 3.05) is 0 Å². The SMILES string of the molecule is CCC1(C)Cc2ccccc2C(c2cnc3ccccc3c2)=N1. The van der Waals surface area contributed by atoms with Gasteiger partial charge in [0.15, 0.2) is 0 Å². The van der Waals surface area contributed by atoms with Gasteiger partial charge < -0.3 is 0 Å². The number of hydrogen-bond donors (Lipinski definition) is 0. The molecule has 114 valence electrons. The Morgan fingerprint density at radius 3 is 2.70 bits per heavy atom. The molecular formula is C21H20N2. The Kier molecular flexibility index (Phi) is 3.26. The molecule has 0 N–H and O–H groups in total. The zero-order chi connectivity index (χ0) is 15.9. The summed E-state index contributed by atoms with van der Waals surface area (Å²) in [6, 6.07) is 19.1. The third kappa shape index (κ3) is 2.44. The Morgan fingerprint density at radius 2 is 1.83 bits per heavy atom. The Hall–Kier alpha value is -2.48. The first-order chi connectivity index (χ1) is 11.2. The van der Waals surface area contributed by atoms with E-state index in [1.807, 2.05) is 18.3 Å². The molecule has 0 spiro atoms. The van der Waals surface area contributed by atoms with Crippen molar-refractivity contribution < 1.29 is 0 Å². The summed E-state index contributed by atoms with van der Waals surface area (Å²) in [5.41, 5.74) is 5.81. The molecule has 0 bridgehead atoms. The van der Waals surface area contributed by atoms with E-state index in [-0.39, 0.29) is 5.54 Å². The third-order valence-electron chi connectivity index (χ3n) is 4.85. The minimum atomic E-state index is -0.0324. The van der Waals surface area contributed by atoms with Crippen molar-refractivity contribution in [2.24, 2.45) is 4.99 Å². The molecular weight excluding hydrogens is 280 g/mol. The highest BCUT2D eigenvalue weighted by molar-refractivity contribution is 6.15. The van der Waals surface area contributed by atoms with E-state index < -0.39 is 0 Å². The molecule has 2 heterocycles. The predicted molar refractivity (Wildman–Crippen MR) is 96.2 cm³/mol. The summed E-state index contributed by atoms with van der Waals surface area (Å²) in [4.78, 5) is 9.75. The minimum Gasteiger partial charge on any atom is -0.277 e. The zero-order valence-corrected chi connectivity index (χ0v) is 13.6. The fourth-order valence-corrected chi connectivity index (χ4v) is 3.31. The first kappa shape index (κ1) is 14.1. The molecule has 1 atom stereocenters. The van der Waals surface area contributed by atoms with Crippen LogP contribution in [0.15, 0.2) is 65.8 Å². The van der Waals surface area contributed by atoms with Crippen LogP contribution in [0.25, 0.3) is 10.9 Å². The highest BCUT2D eigenvalue weighted by atomic mass is 14.9. The Labute approximate surface area is 136 Å². The van der Waals surface area contributed by atoms with E-state index in [0.717, 1.165) is 35.0 Å². The summed E-state index contributed by atoms with van der Waals surface area (Å²) in [5, 5.41) is 1.16. The maximum atomic E-state index is 5.13. The van der Waals surface area contributed by atoms with E-state index >= 15 is 0 Å². The number of nitrogens with zero attached hydrogens (tertiary/aromatic N) is 2. The number of fused-ring (bicyclic) bond motifs is 2. The second kappa shape index (κ2) is 5.31. The Morgan fingerprint density at radius 1 is 1.04 bits per heavy atom. The van der Waals surface area contributed by atoms with E-state index in [9.17, 15) is 0 Å². The van der Waals surface area contributed by atoms with Gasteiger partial charge in [0.1, 0.15) is 0 Å². The highest BCUT2D eigenvalue weighted by Crippen LogP contribution is 2.32. The Bertz CT molecular complexity index is 910. The maximum absolute atomic E-state index is 5.13. The van der Waals surface area contributed by atoms with Gasteiger partial charge in [-0.05, 0) is 37.5 Å². The molecule has 3 aromatic rings. The molecule has 1 aromatic heterocycles. The van der Waals surface area contributed by atoms with Crippen molar-refractivity contribution >= 4 is 16.6 Å². The van der Waals surface area contributed by atoms with Gasteiger partial charge in [0.25, 0.3) is 0 Å². The van der Waals surface area contributed by atoms with Crippen molar-refractivity contribution in [3.63, 3.8) is 0 Å². The normalized spacial score (nSPS) is 20.2. The number of benzene rings is 2. The van der Waals surface area contributed by atoms with Crippen molar-refractivity contribution in [1.29, 1.82) is 0 Å². The largest absolute Gasteiger partial charge is 0.277 e. The van der Waals surface area contributed by atoms with E-state index in [1.165, 1.54) is 11.1 Å². The molecule has 0 amide bonds. The maximum Gasteiger partial charge on any atom is 0.0744 e. The van der Waals surface area contributed by atoms with Crippen LogP contribution in [0.5, 0.6) is 0 Å². The van der Waals surface area contributed by atoms with E-state index in [2.05, 4.69) is 61.3 Å². The molecule has 1 aliphatic rings. The summed E-state index contributed by atoms with van der Waals surface area (Å²) < 4.78 is 0. The molecule has 0 fully saturated rings. The number of aliphatic imine (C=N–C) groups is 1. The van der Waals surface area contributed by atoms with Crippen molar-refractivity contribution in [2.45, 2.75) is 32.2 Å². The highest BCUT2D eigenvalue weighted by Gasteiger charge is 2.29. The second-order valence-electron chi connectivity index (χ2n) is 6.56. The lowest BCUT2D eigenvalue weighted by Gasteiger charge is -2.31. The van der Waals surface area contributed by atoms with Gasteiger partial charge in [-0.3, -0.25) is 9.98 Å². The number of aromatic nitrogens is 1. The van der Waals surface area contributed by atoms with Crippen molar-refractivity contribution in [1.82, 2.24) is 4.98 Å². The van der Waals surface area contributed by atoms with Gasteiger partial charge in [0, 0.05) is 22.7 Å². The van der Waals surface area contributed by atoms with Gasteiger partial charge in [-0.2, -0.15) is 0 Å². The van der Waals surface area contributed by atoms with Crippen LogP contribution in [0.1, 0.15) is 37.0 Å². The molecule has 2 heteroatoms. The van der Waals surface area contributed by atoms with E-state index in [0.29, 0.717) is 0 Å². The topological polar surface area (TPSA) is 25.2 Å². The molecule has 0 saturated heterocycles. The zero-order valence-electron chi connectivity index (χ0n) is 13.6. The van der Waals surface area contributed by atoms with Gasteiger partial charge in [-0.25, -0.2) is 0 Å². The number of para-hydroxylation sites is 1. The summed E-state index contributed by atoms with van der Waals surface area (Å²) in [7, 11) is 0. The fourth-order valence-electron chi connectivity index (χ4n) is 3.31. The fraction of sp³-hybridized carbons (Fsp3) is 0.238. The van der Waals surface area contributed by atoms with Crippen LogP contribution in [0.3, 0.4) is 0 Å². The molecule has 2 nitrogen and oxygen atoms in total. The lowest BCUT2D eigenvalue weighted by Crippen LogP contribution is -2.31. The summed E-state index contributed by atoms with van der Waals surface area (Å²) in [6.07, 6.45) is 4.00. The van der Waals surface area contributed by atoms with Crippen LogP contribution < -0.4 is 0 Å². The average molecular weight is 300 g/mol. The summed E-state index contributed by atoms with van der Waals surface area (Å²) in [6.45, 7) is 4.46. The summed E-state index contributed by atoms with van der Waals surface area (Å²) in [5.74, 6) is 0. The van der Waals surface area contributed by atoms with Crippen LogP contribution in [0, 0.1) is 0 Å². The van der Waals surface area contributed by atoms with Crippen LogP contribution >= 0.6 is 0 Å². The van der Waals surface area contributed by atoms with Gasteiger partial charge >= 0.3 is 0 Å². The van der Waals surface area contributed by atoms with Crippen LogP contribution in [-0.2, 0) is 6.42 Å². The van der Waals surface area contributed by atoms with Crippen molar-refractivity contribution in [3.05, 3.63) is 77.5 Å². The van der Waals surface area contributed by atoms with Gasteiger partial charge in [-0.15, -0.1) is 0 Å². The number of pyridine rings is 1. The van der Waals surface area contributed by atoms with Gasteiger partial charge in [0.2, 0.25) is 0 Å². The van der Waals surface area contributed by atoms with Crippen LogP contribution in [0.2, 0.25) is 0 Å².